The average Bonchev–Trinajstić information content (AvgIpc) is 2.06. The molecule has 0 aliphatic heterocycles. The van der Waals surface area contributed by atoms with Gasteiger partial charge in [0.1, 0.15) is 0 Å². The Labute approximate surface area is 75.0 Å². The number of aromatic nitrogens is 1. The van der Waals surface area contributed by atoms with E-state index in [-0.39, 0.29) is 12.4 Å². The minimum atomic E-state index is -0.348. The summed E-state index contributed by atoms with van der Waals surface area (Å²) < 4.78 is 4.66. The van der Waals surface area contributed by atoms with Crippen molar-refractivity contribution in [2.45, 2.75) is 6.92 Å². The topological polar surface area (TPSA) is 76.5 Å². The number of hydrogen-bond acceptors (Lipinski definition) is 4. The molecule has 1 N–H and O–H groups in total. The molecule has 0 unspecified atom stereocenters. The number of nitrogens with zero attached hydrogens (tertiary/aromatic N) is 1. The van der Waals surface area contributed by atoms with Crippen molar-refractivity contribution in [2.75, 3.05) is 0 Å². The largest absolute Gasteiger partial charge is 0.483 e. The van der Waals surface area contributed by atoms with Gasteiger partial charge < -0.3 is 9.84 Å². The van der Waals surface area contributed by atoms with Crippen LogP contribution in [0.3, 0.4) is 0 Å². The molecule has 0 aliphatic rings. The van der Waals surface area contributed by atoms with E-state index >= 15 is 0 Å². The first-order valence-electron chi connectivity index (χ1n) is 3.38. The molecule has 70 valence electrons. The van der Waals surface area contributed by atoms with E-state index in [0.29, 0.717) is 5.88 Å². The van der Waals surface area contributed by atoms with E-state index in [0.717, 1.165) is 0 Å². The van der Waals surface area contributed by atoms with Crippen molar-refractivity contribution in [1.82, 2.24) is 4.98 Å². The minimum absolute atomic E-state index is 0.250. The quantitative estimate of drug-likeness (QED) is 0.512. The van der Waals surface area contributed by atoms with Gasteiger partial charge in [-0.2, -0.15) is 0 Å². The second-order valence-corrected chi connectivity index (χ2v) is 1.87. The lowest BCUT2D eigenvalue weighted by atomic mass is 10.5. The second kappa shape index (κ2) is 6.78. The van der Waals surface area contributed by atoms with Crippen LogP contribution >= 0.6 is 0 Å². The number of rotatable bonds is 1. The summed E-state index contributed by atoms with van der Waals surface area (Å²) in [6, 6.07) is 5.14. The Morgan fingerprint density at radius 1 is 1.62 bits per heavy atom. The maximum atomic E-state index is 10.4. The fourth-order valence-electron chi connectivity index (χ4n) is 0.555. The maximum absolute atomic E-state index is 10.4. The predicted octanol–water partition coefficient (Wildman–Crippen LogP) is 0.708. The molecule has 5 heteroatoms. The Bertz CT molecular complexity index is 260. The van der Waals surface area contributed by atoms with Crippen molar-refractivity contribution in [2.24, 2.45) is 0 Å². The van der Waals surface area contributed by atoms with Gasteiger partial charge in [0.2, 0.25) is 5.88 Å². The molecule has 0 amide bonds. The third kappa shape index (κ3) is 6.49. The van der Waals surface area contributed by atoms with Gasteiger partial charge in [-0.3, -0.25) is 9.59 Å². The van der Waals surface area contributed by atoms with E-state index in [2.05, 4.69) is 9.72 Å². The molecule has 1 rings (SSSR count). The molecule has 0 atom stereocenters. The van der Waals surface area contributed by atoms with E-state index in [1.165, 1.54) is 6.92 Å². The van der Waals surface area contributed by atoms with Gasteiger partial charge in [-0.1, -0.05) is 6.07 Å². The van der Waals surface area contributed by atoms with Crippen LogP contribution in [-0.2, 0) is 9.59 Å². The van der Waals surface area contributed by atoms with Crippen molar-refractivity contribution in [3.05, 3.63) is 24.4 Å². The molecular weight excluding hydrogens is 174 g/mol. The van der Waals surface area contributed by atoms with Gasteiger partial charge in [0.05, 0.1) is 0 Å². The molecule has 0 aliphatic carbocycles. The van der Waals surface area contributed by atoms with Crippen LogP contribution < -0.4 is 4.74 Å². The van der Waals surface area contributed by atoms with Crippen LogP contribution in [0.15, 0.2) is 24.4 Å². The molecule has 0 fully saturated rings. The van der Waals surface area contributed by atoms with Gasteiger partial charge in [-0.25, -0.2) is 4.98 Å². The summed E-state index contributed by atoms with van der Waals surface area (Å²) in [6.45, 7) is 1.09. The Morgan fingerprint density at radius 2 is 2.23 bits per heavy atom. The minimum Gasteiger partial charge on any atom is -0.483 e. The van der Waals surface area contributed by atoms with Crippen molar-refractivity contribution in [3.8, 4) is 5.88 Å². The smallest absolute Gasteiger partial charge is 0.309 e. The molecule has 0 bridgehead atoms. The lowest BCUT2D eigenvalue weighted by Gasteiger charge is -1.95. The molecule has 0 saturated carbocycles. The van der Waals surface area contributed by atoms with Gasteiger partial charge in [-0.05, 0) is 6.07 Å². The fourth-order valence-corrected chi connectivity index (χ4v) is 0.555. The van der Waals surface area contributed by atoms with Gasteiger partial charge in [-0.15, -0.1) is 0 Å². The molecule has 1 aromatic heterocycles. The molecule has 0 radical (unpaired) electrons. The summed E-state index contributed by atoms with van der Waals surface area (Å²) in [5, 5.41) is 6.89. The highest BCUT2D eigenvalue weighted by Crippen LogP contribution is 2.02. The summed E-state index contributed by atoms with van der Waals surface area (Å²) in [6.07, 6.45) is 1.57. The summed E-state index contributed by atoms with van der Waals surface area (Å²) in [5.41, 5.74) is 0. The second-order valence-electron chi connectivity index (χ2n) is 1.87. The number of carbonyl (C=O) groups excluding carboxylic acids is 1. The Balaban J connectivity index is 0.000000424. The molecular formula is C8H9NO4. The first-order chi connectivity index (χ1) is 6.20. The number of hydrogen-bond donors (Lipinski definition) is 1. The number of carboxylic acid groups (broad SMARTS) is 1. The average molecular weight is 183 g/mol. The molecule has 5 nitrogen and oxygen atoms in total. The number of esters is 1. The normalized spacial score (nSPS) is 7.77. The van der Waals surface area contributed by atoms with Crippen LogP contribution in [-0.4, -0.2) is 22.5 Å². The predicted molar refractivity (Wildman–Crippen MR) is 44.2 cm³/mol. The van der Waals surface area contributed by atoms with E-state index in [4.69, 9.17) is 9.90 Å². The van der Waals surface area contributed by atoms with Crippen molar-refractivity contribution < 1.29 is 19.4 Å². The summed E-state index contributed by atoms with van der Waals surface area (Å²) in [5.74, 6) is -0.00583. The molecule has 0 aromatic carbocycles. The summed E-state index contributed by atoms with van der Waals surface area (Å²) in [4.78, 5) is 22.5. The molecule has 1 aromatic rings. The SMILES string of the molecule is CC(=O)Oc1ccccn1.O=CO. The van der Waals surface area contributed by atoms with Crippen LogP contribution in [0.5, 0.6) is 5.88 Å². The monoisotopic (exact) mass is 183 g/mol. The molecule has 0 saturated heterocycles. The van der Waals surface area contributed by atoms with Gasteiger partial charge in [0.25, 0.3) is 6.47 Å². The third-order valence-electron chi connectivity index (χ3n) is 0.886. The number of carbonyl (C=O) groups is 2. The van der Waals surface area contributed by atoms with Gasteiger partial charge in [0.15, 0.2) is 0 Å². The van der Waals surface area contributed by atoms with E-state index in [1.807, 2.05) is 0 Å². The lowest BCUT2D eigenvalue weighted by Crippen LogP contribution is -2.02. The highest BCUT2D eigenvalue weighted by atomic mass is 16.5. The third-order valence-corrected chi connectivity index (χ3v) is 0.886. The zero-order valence-corrected chi connectivity index (χ0v) is 7.01. The van der Waals surface area contributed by atoms with E-state index in [1.54, 1.807) is 24.4 Å². The zero-order chi connectivity index (χ0) is 10.1. The van der Waals surface area contributed by atoms with Crippen LogP contribution in [0.1, 0.15) is 6.92 Å². The van der Waals surface area contributed by atoms with Crippen molar-refractivity contribution in [1.29, 1.82) is 0 Å². The van der Waals surface area contributed by atoms with Gasteiger partial charge >= 0.3 is 5.97 Å². The van der Waals surface area contributed by atoms with Crippen LogP contribution in [0.4, 0.5) is 0 Å². The number of pyridine rings is 1. The first kappa shape index (κ1) is 11.1. The van der Waals surface area contributed by atoms with E-state index in [9.17, 15) is 4.79 Å². The summed E-state index contributed by atoms with van der Waals surface area (Å²) >= 11 is 0. The van der Waals surface area contributed by atoms with Crippen molar-refractivity contribution in [3.63, 3.8) is 0 Å². The zero-order valence-electron chi connectivity index (χ0n) is 7.01. The molecule has 1 heterocycles. The molecule has 0 spiro atoms. The van der Waals surface area contributed by atoms with Crippen LogP contribution in [0.25, 0.3) is 0 Å². The van der Waals surface area contributed by atoms with E-state index < -0.39 is 0 Å². The van der Waals surface area contributed by atoms with Crippen LogP contribution in [0, 0.1) is 0 Å². The highest BCUT2D eigenvalue weighted by Gasteiger charge is 1.94. The Kier molecular flexibility index (Phi) is 5.78. The van der Waals surface area contributed by atoms with Crippen LogP contribution in [0.2, 0.25) is 0 Å². The fraction of sp³-hybridized carbons (Fsp3) is 0.125. The lowest BCUT2D eigenvalue weighted by molar-refractivity contribution is -0.132. The standard InChI is InChI=1S/C7H7NO2.CH2O2/c1-6(9)10-7-4-2-3-5-8-7;2-1-3/h2-5H,1H3;1H,(H,2,3). The summed E-state index contributed by atoms with van der Waals surface area (Å²) in [7, 11) is 0. The highest BCUT2D eigenvalue weighted by molar-refractivity contribution is 5.68. The van der Waals surface area contributed by atoms with Gasteiger partial charge in [0, 0.05) is 19.2 Å². The maximum Gasteiger partial charge on any atom is 0.309 e. The number of ether oxygens (including phenoxy) is 1. The Morgan fingerprint density at radius 3 is 2.62 bits per heavy atom. The van der Waals surface area contributed by atoms with Crippen molar-refractivity contribution >= 4 is 12.4 Å². The molecule has 13 heavy (non-hydrogen) atoms. The Hall–Kier alpha value is -1.91. The first-order valence-corrected chi connectivity index (χ1v) is 3.38.